The van der Waals surface area contributed by atoms with Crippen molar-refractivity contribution in [1.29, 1.82) is 0 Å². The zero-order valence-corrected chi connectivity index (χ0v) is 10.6. The van der Waals surface area contributed by atoms with Crippen LogP contribution in [-0.2, 0) is 5.88 Å². The summed E-state index contributed by atoms with van der Waals surface area (Å²) in [5, 5.41) is 1.18. The number of alkyl halides is 1. The molecule has 0 nitrogen and oxygen atoms in total. The number of fused-ring (bicyclic) bond motifs is 1. The third-order valence-corrected chi connectivity index (χ3v) is 4.91. The van der Waals surface area contributed by atoms with E-state index in [1.54, 1.807) is 11.3 Å². The second-order valence-electron chi connectivity index (χ2n) is 2.69. The quantitative estimate of drug-likeness (QED) is 0.572. The number of hydrogen-bond donors (Lipinski definition) is 1. The van der Waals surface area contributed by atoms with Gasteiger partial charge in [-0.25, -0.2) is 0 Å². The summed E-state index contributed by atoms with van der Waals surface area (Å²) in [6.45, 7) is 0. The summed E-state index contributed by atoms with van der Waals surface area (Å²) in [5.41, 5.74) is 1.13. The molecule has 0 fully saturated rings. The third kappa shape index (κ3) is 1.75. The van der Waals surface area contributed by atoms with Gasteiger partial charge in [-0.3, -0.25) is 0 Å². The maximum absolute atomic E-state index is 5.75. The molecule has 0 aliphatic heterocycles. The van der Waals surface area contributed by atoms with Crippen molar-refractivity contribution in [3.8, 4) is 0 Å². The predicted octanol–water partition coefficient (Wildman–Crippen LogP) is 4.69. The second-order valence-corrected chi connectivity index (χ2v) is 5.77. The Morgan fingerprint density at radius 3 is 2.92 bits per heavy atom. The van der Waals surface area contributed by atoms with Gasteiger partial charge in [-0.05, 0) is 33.6 Å². The zero-order chi connectivity index (χ0) is 9.42. The first kappa shape index (κ1) is 9.84. The summed E-state index contributed by atoms with van der Waals surface area (Å²) in [5.74, 6) is 0.552. The Morgan fingerprint density at radius 1 is 1.46 bits per heavy atom. The molecule has 1 heterocycles. The lowest BCUT2D eigenvalue weighted by atomic mass is 10.2. The molecule has 0 atom stereocenters. The van der Waals surface area contributed by atoms with Crippen molar-refractivity contribution in [1.82, 2.24) is 0 Å². The van der Waals surface area contributed by atoms with Gasteiger partial charge in [0.25, 0.3) is 0 Å². The van der Waals surface area contributed by atoms with E-state index < -0.39 is 0 Å². The van der Waals surface area contributed by atoms with Crippen LogP contribution in [0.3, 0.4) is 0 Å². The maximum Gasteiger partial charge on any atom is 0.0844 e. The van der Waals surface area contributed by atoms with Gasteiger partial charge in [0.05, 0.1) is 3.79 Å². The van der Waals surface area contributed by atoms with Crippen molar-refractivity contribution in [2.24, 2.45) is 0 Å². The Labute approximate surface area is 99.4 Å². The van der Waals surface area contributed by atoms with Crippen molar-refractivity contribution in [2.45, 2.75) is 10.8 Å². The standard InChI is InChI=1S/C9H6BrClS2/c10-9-8(12)6-3-5(4-11)1-2-7(6)13-9/h1-3,12H,4H2. The highest BCUT2D eigenvalue weighted by atomic mass is 79.9. The smallest absolute Gasteiger partial charge is 0.0844 e. The van der Waals surface area contributed by atoms with Crippen LogP contribution in [0.15, 0.2) is 26.9 Å². The molecule has 0 spiro atoms. The average molecular weight is 294 g/mol. The molecule has 68 valence electrons. The molecule has 0 aliphatic carbocycles. The van der Waals surface area contributed by atoms with E-state index in [-0.39, 0.29) is 0 Å². The van der Waals surface area contributed by atoms with E-state index in [0.29, 0.717) is 5.88 Å². The summed E-state index contributed by atoms with van der Waals surface area (Å²) in [7, 11) is 0. The fourth-order valence-corrected chi connectivity index (χ4v) is 3.29. The lowest BCUT2D eigenvalue weighted by molar-refractivity contribution is 1.42. The first-order valence-corrected chi connectivity index (χ1v) is 6.27. The van der Waals surface area contributed by atoms with E-state index >= 15 is 0 Å². The summed E-state index contributed by atoms with van der Waals surface area (Å²) in [4.78, 5) is 1.01. The van der Waals surface area contributed by atoms with Crippen LogP contribution in [0.25, 0.3) is 10.1 Å². The van der Waals surface area contributed by atoms with Crippen LogP contribution in [0, 0.1) is 0 Å². The van der Waals surface area contributed by atoms with E-state index in [1.165, 1.54) is 10.1 Å². The first-order valence-electron chi connectivity index (χ1n) is 3.68. The van der Waals surface area contributed by atoms with Crippen molar-refractivity contribution >= 4 is 61.6 Å². The monoisotopic (exact) mass is 292 g/mol. The van der Waals surface area contributed by atoms with E-state index in [9.17, 15) is 0 Å². The van der Waals surface area contributed by atoms with Gasteiger partial charge in [0.2, 0.25) is 0 Å². The molecule has 0 saturated heterocycles. The van der Waals surface area contributed by atoms with Gasteiger partial charge in [0.15, 0.2) is 0 Å². The van der Waals surface area contributed by atoms with Gasteiger partial charge in [0, 0.05) is 20.9 Å². The zero-order valence-electron chi connectivity index (χ0n) is 6.55. The lowest BCUT2D eigenvalue weighted by Crippen LogP contribution is -1.75. The first-order chi connectivity index (χ1) is 6.22. The molecule has 4 heteroatoms. The highest BCUT2D eigenvalue weighted by Crippen LogP contribution is 2.38. The Morgan fingerprint density at radius 2 is 2.23 bits per heavy atom. The van der Waals surface area contributed by atoms with Crippen LogP contribution in [0.1, 0.15) is 5.56 Å². The van der Waals surface area contributed by atoms with Crippen molar-refractivity contribution < 1.29 is 0 Å². The minimum atomic E-state index is 0.552. The van der Waals surface area contributed by atoms with E-state index in [0.717, 1.165) is 14.2 Å². The molecule has 2 rings (SSSR count). The largest absolute Gasteiger partial charge is 0.141 e. The number of halogens is 2. The Balaban J connectivity index is 2.75. The van der Waals surface area contributed by atoms with Crippen LogP contribution in [0.5, 0.6) is 0 Å². The van der Waals surface area contributed by atoms with E-state index in [4.69, 9.17) is 11.6 Å². The minimum Gasteiger partial charge on any atom is -0.141 e. The van der Waals surface area contributed by atoms with E-state index in [1.807, 2.05) is 6.07 Å². The number of rotatable bonds is 1. The molecular weight excluding hydrogens is 288 g/mol. The minimum absolute atomic E-state index is 0.552. The molecule has 1 aromatic carbocycles. The summed E-state index contributed by atoms with van der Waals surface area (Å²) >= 11 is 15.3. The second kappa shape index (κ2) is 3.81. The average Bonchev–Trinajstić information content (AvgIpc) is 2.43. The molecule has 0 amide bonds. The van der Waals surface area contributed by atoms with Crippen LogP contribution in [0.4, 0.5) is 0 Å². The summed E-state index contributed by atoms with van der Waals surface area (Å²) < 4.78 is 2.32. The Kier molecular flexibility index (Phi) is 2.88. The van der Waals surface area contributed by atoms with Crippen molar-refractivity contribution in [3.05, 3.63) is 27.5 Å². The number of thiophene rings is 1. The normalized spacial score (nSPS) is 11.0. The molecule has 0 unspecified atom stereocenters. The van der Waals surface area contributed by atoms with Gasteiger partial charge in [0.1, 0.15) is 0 Å². The van der Waals surface area contributed by atoms with Crippen molar-refractivity contribution in [2.75, 3.05) is 0 Å². The maximum atomic E-state index is 5.75. The molecule has 0 saturated carbocycles. The molecule has 0 radical (unpaired) electrons. The lowest BCUT2D eigenvalue weighted by Gasteiger charge is -1.95. The van der Waals surface area contributed by atoms with Gasteiger partial charge in [-0.2, -0.15) is 0 Å². The fraction of sp³-hybridized carbons (Fsp3) is 0.111. The molecule has 2 aromatic rings. The highest BCUT2D eigenvalue weighted by Gasteiger charge is 2.06. The van der Waals surface area contributed by atoms with Gasteiger partial charge < -0.3 is 0 Å². The molecule has 0 aliphatic rings. The molecule has 0 bridgehead atoms. The predicted molar refractivity (Wildman–Crippen MR) is 66.3 cm³/mol. The Bertz CT molecular complexity index is 450. The highest BCUT2D eigenvalue weighted by molar-refractivity contribution is 9.11. The topological polar surface area (TPSA) is 0 Å². The molecular formula is C9H6BrClS2. The number of hydrogen-bond acceptors (Lipinski definition) is 2. The Hall–Kier alpha value is 0.300. The SMILES string of the molecule is Sc1c(Br)sc2ccc(CCl)cc12. The summed E-state index contributed by atoms with van der Waals surface area (Å²) in [6, 6.07) is 6.22. The van der Waals surface area contributed by atoms with Gasteiger partial charge >= 0.3 is 0 Å². The number of benzene rings is 1. The van der Waals surface area contributed by atoms with Gasteiger partial charge in [-0.15, -0.1) is 35.6 Å². The van der Waals surface area contributed by atoms with Crippen LogP contribution < -0.4 is 0 Å². The fourth-order valence-electron chi connectivity index (χ4n) is 1.19. The third-order valence-electron chi connectivity index (χ3n) is 1.84. The number of thiol groups is 1. The molecule has 0 N–H and O–H groups in total. The van der Waals surface area contributed by atoms with Crippen LogP contribution in [-0.4, -0.2) is 0 Å². The summed E-state index contributed by atoms with van der Waals surface area (Å²) in [6.07, 6.45) is 0. The molecule has 13 heavy (non-hydrogen) atoms. The van der Waals surface area contributed by atoms with Gasteiger partial charge in [-0.1, -0.05) is 6.07 Å². The van der Waals surface area contributed by atoms with Crippen LogP contribution in [0.2, 0.25) is 0 Å². The van der Waals surface area contributed by atoms with Crippen LogP contribution >= 0.6 is 51.5 Å². The van der Waals surface area contributed by atoms with Crippen molar-refractivity contribution in [3.63, 3.8) is 0 Å². The van der Waals surface area contributed by atoms with E-state index in [2.05, 4.69) is 40.7 Å². The molecule has 1 aromatic heterocycles.